The highest BCUT2D eigenvalue weighted by Gasteiger charge is 2.45. The summed E-state index contributed by atoms with van der Waals surface area (Å²) in [5.74, 6) is -1.53. The first-order valence-electron chi connectivity index (χ1n) is 14.7. The number of aliphatic carboxylic acids is 1. The van der Waals surface area contributed by atoms with E-state index in [0.29, 0.717) is 35.6 Å². The normalized spacial score (nSPS) is 16.3. The zero-order chi connectivity index (χ0) is 30.1. The van der Waals surface area contributed by atoms with Crippen molar-refractivity contribution in [2.75, 3.05) is 5.32 Å². The first-order chi connectivity index (χ1) is 20.8. The molecular formula is C34H34N4O5. The lowest BCUT2D eigenvalue weighted by Crippen LogP contribution is -2.61. The van der Waals surface area contributed by atoms with Crippen molar-refractivity contribution < 1.29 is 24.6 Å². The van der Waals surface area contributed by atoms with Crippen molar-refractivity contribution in [3.63, 3.8) is 0 Å². The fraction of sp³-hybridized carbons (Fsp3) is 0.294. The Hall–Kier alpha value is -4.92. The molecule has 2 heterocycles. The first-order valence-corrected chi connectivity index (χ1v) is 14.7. The summed E-state index contributed by atoms with van der Waals surface area (Å²) in [5.41, 5.74) is 4.32. The van der Waals surface area contributed by atoms with Gasteiger partial charge in [0.2, 0.25) is 5.91 Å². The number of aromatic nitrogens is 2. The van der Waals surface area contributed by atoms with Crippen LogP contribution in [0.4, 0.5) is 5.69 Å². The maximum atomic E-state index is 13.6. The van der Waals surface area contributed by atoms with Gasteiger partial charge in [-0.25, -0.2) is 4.79 Å². The fourth-order valence-electron chi connectivity index (χ4n) is 6.45. The van der Waals surface area contributed by atoms with E-state index in [1.807, 2.05) is 43.4 Å². The number of benzene rings is 2. The van der Waals surface area contributed by atoms with Crippen LogP contribution in [-0.2, 0) is 16.6 Å². The molecule has 0 saturated heterocycles. The molecule has 43 heavy (non-hydrogen) atoms. The van der Waals surface area contributed by atoms with Gasteiger partial charge >= 0.3 is 5.97 Å². The average Bonchev–Trinajstić information content (AvgIpc) is 3.60. The van der Waals surface area contributed by atoms with E-state index in [9.17, 15) is 19.5 Å². The van der Waals surface area contributed by atoms with Gasteiger partial charge in [-0.15, -0.1) is 0 Å². The number of aromatic hydroxyl groups is 1. The number of nitrogens with zero attached hydrogens (tertiary/aromatic N) is 2. The zero-order valence-electron chi connectivity index (χ0n) is 24.0. The molecule has 0 spiro atoms. The number of pyridine rings is 1. The quantitative estimate of drug-likeness (QED) is 0.190. The number of rotatable bonds is 8. The van der Waals surface area contributed by atoms with Gasteiger partial charge in [0.25, 0.3) is 5.91 Å². The molecule has 2 saturated carbocycles. The van der Waals surface area contributed by atoms with E-state index in [0.717, 1.165) is 47.6 Å². The summed E-state index contributed by atoms with van der Waals surface area (Å²) in [5, 5.41) is 26.1. The Bertz CT molecular complexity index is 1750. The van der Waals surface area contributed by atoms with E-state index in [-0.39, 0.29) is 17.6 Å². The molecule has 2 fully saturated rings. The molecule has 220 valence electrons. The predicted molar refractivity (Wildman–Crippen MR) is 165 cm³/mol. The van der Waals surface area contributed by atoms with Crippen molar-refractivity contribution in [3.8, 4) is 17.1 Å². The summed E-state index contributed by atoms with van der Waals surface area (Å²) >= 11 is 0. The van der Waals surface area contributed by atoms with Gasteiger partial charge < -0.3 is 25.4 Å². The van der Waals surface area contributed by atoms with Crippen LogP contribution in [0.2, 0.25) is 0 Å². The lowest BCUT2D eigenvalue weighted by Gasteiger charge is -2.40. The van der Waals surface area contributed by atoms with E-state index < -0.39 is 11.5 Å². The number of phenols is 1. The second kappa shape index (κ2) is 11.4. The molecule has 0 aliphatic heterocycles. The summed E-state index contributed by atoms with van der Waals surface area (Å²) in [6.07, 6.45) is 10.5. The van der Waals surface area contributed by atoms with Crippen molar-refractivity contribution in [2.45, 2.75) is 56.4 Å². The van der Waals surface area contributed by atoms with Crippen molar-refractivity contribution >= 4 is 40.4 Å². The molecule has 4 aromatic rings. The number of fused-ring (bicyclic) bond motifs is 1. The summed E-state index contributed by atoms with van der Waals surface area (Å²) in [7, 11) is 2.02. The number of carboxylic acid groups (broad SMARTS) is 1. The summed E-state index contributed by atoms with van der Waals surface area (Å²) in [6, 6.07) is 16.2. The van der Waals surface area contributed by atoms with Gasteiger partial charge in [-0.2, -0.15) is 0 Å². The highest BCUT2D eigenvalue weighted by Crippen LogP contribution is 2.44. The molecule has 2 aromatic carbocycles. The van der Waals surface area contributed by atoms with Gasteiger partial charge in [0.15, 0.2) is 0 Å². The lowest BCUT2D eigenvalue weighted by atomic mass is 9.75. The number of aryl methyl sites for hydroxylation is 1. The van der Waals surface area contributed by atoms with Crippen LogP contribution in [0.1, 0.15) is 72.3 Å². The summed E-state index contributed by atoms with van der Waals surface area (Å²) in [4.78, 5) is 42.4. The predicted octanol–water partition coefficient (Wildman–Crippen LogP) is 5.99. The second-order valence-corrected chi connectivity index (χ2v) is 11.5. The molecule has 0 bridgehead atoms. The van der Waals surface area contributed by atoms with Crippen LogP contribution in [0.25, 0.3) is 28.4 Å². The molecule has 2 aliphatic rings. The van der Waals surface area contributed by atoms with Crippen LogP contribution in [0.15, 0.2) is 66.9 Å². The number of carbonyl (C=O) groups excluding carboxylic acids is 2. The number of phenolic OH excluding ortho intramolecular Hbond substituents is 1. The number of hydrogen-bond donors (Lipinski definition) is 4. The maximum absolute atomic E-state index is 13.6. The smallest absolute Gasteiger partial charge is 0.328 e. The van der Waals surface area contributed by atoms with E-state index >= 15 is 0 Å². The molecule has 2 aliphatic carbocycles. The number of hydrogen-bond acceptors (Lipinski definition) is 5. The number of amides is 2. The topological polar surface area (TPSA) is 134 Å². The Morgan fingerprint density at radius 3 is 2.47 bits per heavy atom. The number of carbonyl (C=O) groups is 3. The molecule has 0 radical (unpaired) electrons. The van der Waals surface area contributed by atoms with E-state index in [2.05, 4.69) is 20.2 Å². The molecule has 4 N–H and O–H groups in total. The van der Waals surface area contributed by atoms with Gasteiger partial charge in [0.1, 0.15) is 11.3 Å². The molecule has 0 atom stereocenters. The third kappa shape index (κ3) is 5.38. The molecular weight excluding hydrogens is 544 g/mol. The Labute approximate surface area is 249 Å². The minimum absolute atomic E-state index is 0.167. The van der Waals surface area contributed by atoms with E-state index in [1.165, 1.54) is 36.6 Å². The highest BCUT2D eigenvalue weighted by molar-refractivity contribution is 6.06. The van der Waals surface area contributed by atoms with Crippen molar-refractivity contribution in [1.82, 2.24) is 14.9 Å². The maximum Gasteiger partial charge on any atom is 0.328 e. The van der Waals surface area contributed by atoms with Crippen molar-refractivity contribution in [3.05, 3.63) is 83.6 Å². The number of nitrogens with one attached hydrogen (secondary N) is 2. The Balaban J connectivity index is 1.26. The Morgan fingerprint density at radius 1 is 1.02 bits per heavy atom. The van der Waals surface area contributed by atoms with Gasteiger partial charge in [0.05, 0.1) is 11.4 Å². The first kappa shape index (κ1) is 28.2. The molecule has 9 heteroatoms. The second-order valence-electron chi connectivity index (χ2n) is 11.5. The zero-order valence-corrected chi connectivity index (χ0v) is 24.0. The third-order valence-corrected chi connectivity index (χ3v) is 8.86. The van der Waals surface area contributed by atoms with E-state index in [1.54, 1.807) is 12.3 Å². The molecule has 2 aromatic heterocycles. The monoisotopic (exact) mass is 578 g/mol. The van der Waals surface area contributed by atoms with Gasteiger partial charge in [-0.1, -0.05) is 25.0 Å². The van der Waals surface area contributed by atoms with Crippen LogP contribution >= 0.6 is 0 Å². The molecule has 9 nitrogen and oxygen atoms in total. The standard InChI is InChI=1S/C34H34N4O5/c1-38-27-19-23(11-14-25(27)30(22-7-2-3-8-22)31(38)26-9-4-5-18-35-26)32(42)37-34(16-6-17-34)33(43)36-24-13-10-21(28(39)20-24)12-15-29(40)41/h4-5,9-15,18-20,22,39H,2-3,6-8,16-17H2,1H3,(H,36,43)(H,37,42)(H,40,41)/b15-12+. The Kier molecular flexibility index (Phi) is 7.48. The minimum Gasteiger partial charge on any atom is -0.507 e. The van der Waals surface area contributed by atoms with Crippen LogP contribution in [0.5, 0.6) is 5.75 Å². The van der Waals surface area contributed by atoms with Crippen molar-refractivity contribution in [1.29, 1.82) is 0 Å². The third-order valence-electron chi connectivity index (χ3n) is 8.86. The minimum atomic E-state index is -1.13. The summed E-state index contributed by atoms with van der Waals surface area (Å²) < 4.78 is 2.13. The van der Waals surface area contributed by atoms with Gasteiger partial charge in [-0.3, -0.25) is 14.6 Å². The molecule has 6 rings (SSSR count). The molecule has 2 amide bonds. The number of carboxylic acids is 1. The van der Waals surface area contributed by atoms with Gasteiger partial charge in [-0.05, 0) is 86.1 Å². The fourth-order valence-corrected chi connectivity index (χ4v) is 6.45. The van der Waals surface area contributed by atoms with Gasteiger partial charge in [0, 0.05) is 53.1 Å². The highest BCUT2D eigenvalue weighted by atomic mass is 16.4. The average molecular weight is 579 g/mol. The van der Waals surface area contributed by atoms with Crippen LogP contribution < -0.4 is 10.6 Å². The van der Waals surface area contributed by atoms with Crippen LogP contribution in [0, 0.1) is 0 Å². The SMILES string of the molecule is Cn1c(-c2ccccn2)c(C2CCCC2)c2ccc(C(=O)NC3(C(=O)Nc4ccc(/C=C/C(=O)O)c(O)c4)CCC3)cc21. The largest absolute Gasteiger partial charge is 0.507 e. The van der Waals surface area contributed by atoms with Crippen LogP contribution in [-0.4, -0.2) is 43.1 Å². The number of anilines is 1. The lowest BCUT2D eigenvalue weighted by molar-refractivity contribution is -0.131. The molecule has 0 unspecified atom stereocenters. The van der Waals surface area contributed by atoms with Crippen molar-refractivity contribution in [2.24, 2.45) is 7.05 Å². The Morgan fingerprint density at radius 2 is 1.81 bits per heavy atom. The summed E-state index contributed by atoms with van der Waals surface area (Å²) in [6.45, 7) is 0. The van der Waals surface area contributed by atoms with E-state index in [4.69, 9.17) is 5.11 Å². The van der Waals surface area contributed by atoms with Crippen LogP contribution in [0.3, 0.4) is 0 Å².